The molecule has 0 atom stereocenters. The first-order chi connectivity index (χ1) is 25.3. The Morgan fingerprint density at radius 2 is 0.902 bits per heavy atom. The molecule has 10 rings (SSSR count). The summed E-state index contributed by atoms with van der Waals surface area (Å²) in [4.78, 5) is 5.18. The first kappa shape index (κ1) is 29.2. The van der Waals surface area contributed by atoms with E-state index in [0.717, 1.165) is 28.1 Å². The highest BCUT2D eigenvalue weighted by molar-refractivity contribution is 6.22. The molecule has 2 nitrogen and oxygen atoms in total. The number of imidazole rings is 1. The summed E-state index contributed by atoms with van der Waals surface area (Å²) in [6, 6.07) is 69.9. The fraction of sp³-hybridized carbons (Fsp3) is 0. The first-order valence-corrected chi connectivity index (χ1v) is 17.5. The molecule has 0 aliphatic carbocycles. The highest BCUT2D eigenvalue weighted by atomic mass is 15.1. The van der Waals surface area contributed by atoms with Gasteiger partial charge in [0.05, 0.1) is 11.0 Å². The molecule has 0 aliphatic heterocycles. The van der Waals surface area contributed by atoms with Crippen molar-refractivity contribution >= 4 is 43.4 Å². The third-order valence-electron chi connectivity index (χ3n) is 10.2. The van der Waals surface area contributed by atoms with Crippen LogP contribution in [0.1, 0.15) is 0 Å². The van der Waals surface area contributed by atoms with Crippen LogP contribution in [0.3, 0.4) is 0 Å². The van der Waals surface area contributed by atoms with Crippen molar-refractivity contribution in [1.82, 2.24) is 9.55 Å². The Bertz CT molecular complexity index is 2880. The summed E-state index contributed by atoms with van der Waals surface area (Å²) in [7, 11) is 0. The highest BCUT2D eigenvalue weighted by Gasteiger charge is 2.19. The summed E-state index contributed by atoms with van der Waals surface area (Å²) in [5.41, 5.74) is 11.6. The normalized spacial score (nSPS) is 11.5. The molecule has 2 heteroatoms. The van der Waals surface area contributed by atoms with Gasteiger partial charge in [-0.05, 0) is 96.0 Å². The zero-order chi connectivity index (χ0) is 33.7. The van der Waals surface area contributed by atoms with E-state index in [1.165, 1.54) is 65.7 Å². The van der Waals surface area contributed by atoms with E-state index >= 15 is 0 Å². The van der Waals surface area contributed by atoms with E-state index in [9.17, 15) is 0 Å². The zero-order valence-electron chi connectivity index (χ0n) is 27.9. The van der Waals surface area contributed by atoms with E-state index in [-0.39, 0.29) is 0 Å². The van der Waals surface area contributed by atoms with E-state index in [2.05, 4.69) is 199 Å². The Balaban J connectivity index is 1.16. The molecule has 0 saturated carbocycles. The van der Waals surface area contributed by atoms with Crippen LogP contribution in [0.5, 0.6) is 0 Å². The van der Waals surface area contributed by atoms with E-state index in [1.54, 1.807) is 0 Å². The minimum absolute atomic E-state index is 0.944. The van der Waals surface area contributed by atoms with Crippen molar-refractivity contribution in [1.29, 1.82) is 0 Å². The molecule has 9 aromatic carbocycles. The second kappa shape index (κ2) is 12.0. The van der Waals surface area contributed by atoms with Gasteiger partial charge in [0, 0.05) is 11.3 Å². The zero-order valence-corrected chi connectivity index (χ0v) is 27.9. The Morgan fingerprint density at radius 3 is 1.63 bits per heavy atom. The number of nitrogens with zero attached hydrogens (tertiary/aromatic N) is 2. The lowest BCUT2D eigenvalue weighted by Crippen LogP contribution is -1.98. The number of hydrogen-bond acceptors (Lipinski definition) is 1. The SMILES string of the molecule is c1ccc(-c2c3ccccc3c(-c3ccccc3)c3cc(-c4ccc(-n5c(-c6cccc7ccccc67)nc6ccccc65)cc4)ccc23)cc1. The van der Waals surface area contributed by atoms with Crippen molar-refractivity contribution in [3.63, 3.8) is 0 Å². The van der Waals surface area contributed by atoms with E-state index < -0.39 is 0 Å². The van der Waals surface area contributed by atoms with Gasteiger partial charge in [-0.2, -0.15) is 0 Å². The summed E-state index contributed by atoms with van der Waals surface area (Å²) in [5.74, 6) is 0.944. The van der Waals surface area contributed by atoms with Gasteiger partial charge in [0.25, 0.3) is 0 Å². The smallest absolute Gasteiger partial charge is 0.146 e. The Hall–Kier alpha value is -6.77. The van der Waals surface area contributed by atoms with Crippen LogP contribution in [0, 0.1) is 0 Å². The predicted octanol–water partition coefficient (Wildman–Crippen LogP) is 13.2. The van der Waals surface area contributed by atoms with Crippen molar-refractivity contribution in [2.24, 2.45) is 0 Å². The largest absolute Gasteiger partial charge is 0.292 e. The number of rotatable bonds is 5. The molecular formula is C49H32N2. The van der Waals surface area contributed by atoms with Crippen molar-refractivity contribution in [3.05, 3.63) is 194 Å². The number of aromatic nitrogens is 2. The predicted molar refractivity (Wildman–Crippen MR) is 215 cm³/mol. The van der Waals surface area contributed by atoms with Gasteiger partial charge in [0.1, 0.15) is 5.82 Å². The van der Waals surface area contributed by atoms with Crippen LogP contribution >= 0.6 is 0 Å². The Labute approximate surface area is 296 Å². The minimum Gasteiger partial charge on any atom is -0.292 e. The molecule has 1 heterocycles. The Kier molecular flexibility index (Phi) is 6.85. The number of benzene rings is 9. The second-order valence-electron chi connectivity index (χ2n) is 13.1. The molecule has 0 amide bonds. The molecular weight excluding hydrogens is 617 g/mol. The van der Waals surface area contributed by atoms with Crippen molar-refractivity contribution in [3.8, 4) is 50.5 Å². The lowest BCUT2D eigenvalue weighted by molar-refractivity contribution is 1.11. The van der Waals surface area contributed by atoms with Gasteiger partial charge in [0.2, 0.25) is 0 Å². The average molecular weight is 649 g/mol. The maximum atomic E-state index is 5.18. The molecule has 0 bridgehead atoms. The molecule has 238 valence electrons. The highest BCUT2D eigenvalue weighted by Crippen LogP contribution is 2.45. The van der Waals surface area contributed by atoms with E-state index in [4.69, 9.17) is 4.98 Å². The summed E-state index contributed by atoms with van der Waals surface area (Å²) in [6.07, 6.45) is 0. The molecule has 0 spiro atoms. The second-order valence-corrected chi connectivity index (χ2v) is 13.1. The average Bonchev–Trinajstić information content (AvgIpc) is 3.59. The number of hydrogen-bond donors (Lipinski definition) is 0. The molecule has 0 fully saturated rings. The maximum Gasteiger partial charge on any atom is 0.146 e. The van der Waals surface area contributed by atoms with Gasteiger partial charge in [0.15, 0.2) is 0 Å². The first-order valence-electron chi connectivity index (χ1n) is 17.5. The minimum atomic E-state index is 0.944. The number of para-hydroxylation sites is 2. The topological polar surface area (TPSA) is 17.8 Å². The summed E-state index contributed by atoms with van der Waals surface area (Å²) < 4.78 is 2.30. The lowest BCUT2D eigenvalue weighted by atomic mass is 9.85. The molecule has 0 aliphatic rings. The van der Waals surface area contributed by atoms with Gasteiger partial charge >= 0.3 is 0 Å². The van der Waals surface area contributed by atoms with Gasteiger partial charge in [-0.1, -0.05) is 164 Å². The van der Waals surface area contributed by atoms with Crippen LogP contribution in [0.4, 0.5) is 0 Å². The molecule has 0 unspecified atom stereocenters. The fourth-order valence-electron chi connectivity index (χ4n) is 7.88. The van der Waals surface area contributed by atoms with Crippen LogP contribution in [-0.4, -0.2) is 9.55 Å². The Morgan fingerprint density at radius 1 is 0.353 bits per heavy atom. The van der Waals surface area contributed by atoms with Crippen LogP contribution < -0.4 is 0 Å². The maximum absolute atomic E-state index is 5.18. The van der Waals surface area contributed by atoms with Crippen LogP contribution in [0.15, 0.2) is 194 Å². The third kappa shape index (κ3) is 4.84. The quantitative estimate of drug-likeness (QED) is 0.170. The number of fused-ring (bicyclic) bond motifs is 4. The van der Waals surface area contributed by atoms with Gasteiger partial charge in [-0.3, -0.25) is 4.57 Å². The molecule has 10 aromatic rings. The molecule has 0 N–H and O–H groups in total. The van der Waals surface area contributed by atoms with E-state index in [0.29, 0.717) is 0 Å². The molecule has 0 radical (unpaired) electrons. The van der Waals surface area contributed by atoms with Crippen molar-refractivity contribution < 1.29 is 0 Å². The molecule has 1 aromatic heterocycles. The standard InChI is InChI=1S/C49H32N2/c1-3-15-35(16-4-1)47-40-21-9-10-22-41(40)48(36-17-5-2-6-18-36)44-32-37(28-31-42(44)47)33-26-29-38(30-27-33)51-46-25-12-11-24-45(46)50-49(51)43-23-13-19-34-14-7-8-20-39(34)43/h1-32H. The summed E-state index contributed by atoms with van der Waals surface area (Å²) in [5, 5.41) is 7.43. The summed E-state index contributed by atoms with van der Waals surface area (Å²) >= 11 is 0. The van der Waals surface area contributed by atoms with Gasteiger partial charge in [-0.15, -0.1) is 0 Å². The van der Waals surface area contributed by atoms with Crippen molar-refractivity contribution in [2.45, 2.75) is 0 Å². The summed E-state index contributed by atoms with van der Waals surface area (Å²) in [6.45, 7) is 0. The van der Waals surface area contributed by atoms with Crippen LogP contribution in [0.2, 0.25) is 0 Å². The monoisotopic (exact) mass is 648 g/mol. The van der Waals surface area contributed by atoms with Crippen LogP contribution in [-0.2, 0) is 0 Å². The van der Waals surface area contributed by atoms with Crippen molar-refractivity contribution in [2.75, 3.05) is 0 Å². The fourth-order valence-corrected chi connectivity index (χ4v) is 7.88. The third-order valence-corrected chi connectivity index (χ3v) is 10.2. The van der Waals surface area contributed by atoms with E-state index in [1.807, 2.05) is 0 Å². The lowest BCUT2D eigenvalue weighted by Gasteiger charge is -2.19. The van der Waals surface area contributed by atoms with Crippen LogP contribution in [0.25, 0.3) is 93.8 Å². The molecule has 0 saturated heterocycles. The van der Waals surface area contributed by atoms with Gasteiger partial charge < -0.3 is 0 Å². The van der Waals surface area contributed by atoms with Gasteiger partial charge in [-0.25, -0.2) is 4.98 Å². The molecule has 51 heavy (non-hydrogen) atoms.